The van der Waals surface area contributed by atoms with Gasteiger partial charge >= 0.3 is 0 Å². The van der Waals surface area contributed by atoms with E-state index in [4.69, 9.17) is 9.47 Å². The second-order valence-corrected chi connectivity index (χ2v) is 7.58. The first-order chi connectivity index (χ1) is 12.8. The van der Waals surface area contributed by atoms with E-state index >= 15 is 0 Å². The minimum absolute atomic E-state index is 0.298. The van der Waals surface area contributed by atoms with Gasteiger partial charge in [-0.05, 0) is 32.1 Å². The summed E-state index contributed by atoms with van der Waals surface area (Å²) < 4.78 is 12.2. The lowest BCUT2D eigenvalue weighted by Gasteiger charge is -2.41. The van der Waals surface area contributed by atoms with Crippen molar-refractivity contribution in [2.45, 2.75) is 83.3 Å². The second-order valence-electron chi connectivity index (χ2n) is 7.58. The van der Waals surface area contributed by atoms with Gasteiger partial charge in [0.2, 0.25) is 5.79 Å². The summed E-state index contributed by atoms with van der Waals surface area (Å²) in [4.78, 5) is 0. The largest absolute Gasteiger partial charge is 0.349 e. The van der Waals surface area contributed by atoms with Gasteiger partial charge in [-0.2, -0.15) is 0 Å². The Kier molecular flexibility index (Phi) is 9.42. The van der Waals surface area contributed by atoms with Crippen LogP contribution in [0.4, 0.5) is 0 Å². The van der Waals surface area contributed by atoms with Gasteiger partial charge in [-0.15, -0.1) is 0 Å². The number of benzene rings is 1. The van der Waals surface area contributed by atoms with Crippen LogP contribution in [-0.4, -0.2) is 14.2 Å². The molecule has 0 aromatic heterocycles. The van der Waals surface area contributed by atoms with E-state index < -0.39 is 5.79 Å². The van der Waals surface area contributed by atoms with Crippen LogP contribution in [0.2, 0.25) is 0 Å². The fourth-order valence-corrected chi connectivity index (χ4v) is 4.40. The normalized spacial score (nSPS) is 16.3. The summed E-state index contributed by atoms with van der Waals surface area (Å²) >= 11 is 0. The first-order valence-electron chi connectivity index (χ1n) is 10.6. The maximum absolute atomic E-state index is 6.12. The molecule has 2 nitrogen and oxygen atoms in total. The van der Waals surface area contributed by atoms with Crippen molar-refractivity contribution in [3.05, 3.63) is 47.5 Å². The van der Waals surface area contributed by atoms with Gasteiger partial charge in [0.15, 0.2) is 0 Å². The van der Waals surface area contributed by atoms with E-state index in [-0.39, 0.29) is 0 Å². The van der Waals surface area contributed by atoms with Crippen LogP contribution in [0.15, 0.2) is 42.0 Å². The molecule has 1 unspecified atom stereocenters. The molecule has 1 atom stereocenters. The predicted octanol–water partition coefficient (Wildman–Crippen LogP) is 7.00. The van der Waals surface area contributed by atoms with Gasteiger partial charge in [-0.1, -0.05) is 87.4 Å². The number of hydrogen-bond acceptors (Lipinski definition) is 2. The molecule has 0 fully saturated rings. The molecule has 1 aliphatic carbocycles. The number of rotatable bonds is 12. The zero-order chi connectivity index (χ0) is 18.7. The number of methoxy groups -OCH3 is 2. The lowest BCUT2D eigenvalue weighted by molar-refractivity contribution is -0.244. The van der Waals surface area contributed by atoms with Crippen LogP contribution in [0.5, 0.6) is 0 Å². The van der Waals surface area contributed by atoms with Gasteiger partial charge in [0.25, 0.3) is 0 Å². The highest BCUT2D eigenvalue weighted by atomic mass is 16.7. The molecule has 0 bridgehead atoms. The molecule has 1 aromatic carbocycles. The average Bonchev–Trinajstić information content (AvgIpc) is 2.71. The summed E-state index contributed by atoms with van der Waals surface area (Å²) in [5, 5.41) is 0. The van der Waals surface area contributed by atoms with Crippen molar-refractivity contribution in [1.82, 2.24) is 0 Å². The molecule has 0 aliphatic heterocycles. The van der Waals surface area contributed by atoms with E-state index in [1.165, 1.54) is 69.8 Å². The predicted molar refractivity (Wildman–Crippen MR) is 110 cm³/mol. The lowest BCUT2D eigenvalue weighted by Crippen LogP contribution is -2.40. The third-order valence-electron chi connectivity index (χ3n) is 5.86. The van der Waals surface area contributed by atoms with E-state index in [1.54, 1.807) is 14.2 Å². The molecule has 0 amide bonds. The Morgan fingerprint density at radius 2 is 1.62 bits per heavy atom. The van der Waals surface area contributed by atoms with E-state index in [0.717, 1.165) is 12.0 Å². The Bertz CT molecular complexity index is 516. The smallest absolute Gasteiger partial charge is 0.201 e. The van der Waals surface area contributed by atoms with Crippen LogP contribution in [0.3, 0.4) is 0 Å². The lowest BCUT2D eigenvalue weighted by atomic mass is 9.77. The molecule has 1 aliphatic rings. The first kappa shape index (κ1) is 21.2. The van der Waals surface area contributed by atoms with Crippen LogP contribution < -0.4 is 0 Å². The highest BCUT2D eigenvalue weighted by molar-refractivity contribution is 5.26. The molecular weight excluding hydrogens is 320 g/mol. The molecule has 1 aromatic rings. The van der Waals surface area contributed by atoms with Crippen LogP contribution >= 0.6 is 0 Å². The van der Waals surface area contributed by atoms with Crippen molar-refractivity contribution in [2.75, 3.05) is 14.2 Å². The molecule has 0 radical (unpaired) electrons. The molecule has 0 saturated heterocycles. The zero-order valence-electron chi connectivity index (χ0n) is 17.1. The minimum atomic E-state index is -0.673. The van der Waals surface area contributed by atoms with E-state index in [0.29, 0.717) is 5.92 Å². The molecule has 0 spiro atoms. The molecule has 2 heteroatoms. The van der Waals surface area contributed by atoms with E-state index in [2.05, 4.69) is 43.3 Å². The Morgan fingerprint density at radius 3 is 2.23 bits per heavy atom. The third kappa shape index (κ3) is 5.44. The van der Waals surface area contributed by atoms with E-state index in [1.807, 2.05) is 0 Å². The van der Waals surface area contributed by atoms with Gasteiger partial charge in [-0.25, -0.2) is 0 Å². The Hall–Kier alpha value is -1.12. The maximum atomic E-state index is 6.12. The monoisotopic (exact) mass is 358 g/mol. The third-order valence-corrected chi connectivity index (χ3v) is 5.86. The number of allylic oxidation sites excluding steroid dienone is 1. The van der Waals surface area contributed by atoms with Crippen molar-refractivity contribution in [2.24, 2.45) is 5.92 Å². The summed E-state index contributed by atoms with van der Waals surface area (Å²) in [6.07, 6.45) is 16.5. The molecule has 2 rings (SSSR count). The van der Waals surface area contributed by atoms with Crippen LogP contribution in [-0.2, 0) is 15.3 Å². The Morgan fingerprint density at radius 1 is 0.923 bits per heavy atom. The van der Waals surface area contributed by atoms with Gasteiger partial charge in [0.1, 0.15) is 0 Å². The van der Waals surface area contributed by atoms with Crippen molar-refractivity contribution in [1.29, 1.82) is 0 Å². The second kappa shape index (κ2) is 11.6. The van der Waals surface area contributed by atoms with Gasteiger partial charge < -0.3 is 9.47 Å². The zero-order valence-corrected chi connectivity index (χ0v) is 17.1. The summed E-state index contributed by atoms with van der Waals surface area (Å²) in [6, 6.07) is 10.5. The minimum Gasteiger partial charge on any atom is -0.349 e. The van der Waals surface area contributed by atoms with Crippen LogP contribution in [0.25, 0.3) is 0 Å². The van der Waals surface area contributed by atoms with Crippen molar-refractivity contribution in [3.8, 4) is 0 Å². The highest BCUT2D eigenvalue weighted by Gasteiger charge is 2.42. The topological polar surface area (TPSA) is 18.5 Å². The molecular formula is C24H38O2. The molecule has 26 heavy (non-hydrogen) atoms. The Balaban J connectivity index is 2.18. The molecule has 0 N–H and O–H groups in total. The van der Waals surface area contributed by atoms with Gasteiger partial charge in [0.05, 0.1) is 0 Å². The summed E-state index contributed by atoms with van der Waals surface area (Å²) in [6.45, 7) is 2.27. The SMILES string of the molecule is CCCCCCCCC(C1=CCCCC1)C(OC)(OC)c1ccccc1. The Labute approximate surface area is 161 Å². The molecule has 0 saturated carbocycles. The molecule has 0 heterocycles. The highest BCUT2D eigenvalue weighted by Crippen LogP contribution is 2.44. The summed E-state index contributed by atoms with van der Waals surface area (Å²) in [5.41, 5.74) is 2.67. The van der Waals surface area contributed by atoms with Crippen molar-refractivity contribution >= 4 is 0 Å². The van der Waals surface area contributed by atoms with Crippen LogP contribution in [0, 0.1) is 5.92 Å². The van der Waals surface area contributed by atoms with Gasteiger partial charge in [0, 0.05) is 25.7 Å². The first-order valence-corrected chi connectivity index (χ1v) is 10.6. The van der Waals surface area contributed by atoms with E-state index in [9.17, 15) is 0 Å². The van der Waals surface area contributed by atoms with Gasteiger partial charge in [-0.3, -0.25) is 0 Å². The molecule has 146 valence electrons. The van der Waals surface area contributed by atoms with Crippen LogP contribution in [0.1, 0.15) is 83.1 Å². The maximum Gasteiger partial charge on any atom is 0.201 e. The standard InChI is InChI=1S/C24H38O2/c1-4-5-6-7-8-15-20-23(21-16-11-9-12-17-21)24(25-2,26-3)22-18-13-10-14-19-22/h10,13-14,16,18-19,23H,4-9,11-12,15,17,20H2,1-3H3. The number of ether oxygens (including phenoxy) is 2. The number of hydrogen-bond donors (Lipinski definition) is 0. The quantitative estimate of drug-likeness (QED) is 0.227. The average molecular weight is 359 g/mol. The number of unbranched alkanes of at least 4 members (excludes halogenated alkanes) is 5. The van der Waals surface area contributed by atoms with Crippen molar-refractivity contribution < 1.29 is 9.47 Å². The summed E-state index contributed by atoms with van der Waals surface area (Å²) in [5.74, 6) is -0.375. The summed E-state index contributed by atoms with van der Waals surface area (Å²) in [7, 11) is 3.60. The van der Waals surface area contributed by atoms with Crippen molar-refractivity contribution in [3.63, 3.8) is 0 Å². The fraction of sp³-hybridized carbons (Fsp3) is 0.667. The fourth-order valence-electron chi connectivity index (χ4n) is 4.40.